The van der Waals surface area contributed by atoms with Crippen molar-refractivity contribution in [2.75, 3.05) is 40.9 Å². The third-order valence-corrected chi connectivity index (χ3v) is 11.4. The molecule has 0 aliphatic rings. The van der Waals surface area contributed by atoms with Crippen LogP contribution in [0.1, 0.15) is 219 Å². The van der Waals surface area contributed by atoms with E-state index in [9.17, 15) is 24.2 Å². The Morgan fingerprint density at radius 3 is 1.22 bits per heavy atom. The second-order valence-electron chi connectivity index (χ2n) is 16.9. The van der Waals surface area contributed by atoms with Crippen molar-refractivity contribution in [2.24, 2.45) is 0 Å². The molecule has 0 spiro atoms. The maximum absolute atomic E-state index is 13.4. The lowest BCUT2D eigenvalue weighted by Crippen LogP contribution is -2.42. The van der Waals surface area contributed by atoms with Crippen LogP contribution in [0.5, 0.6) is 0 Å². The molecule has 0 aliphatic heterocycles. The monoisotopic (exact) mass is 791 g/mol. The quantitative estimate of drug-likeness (QED) is 0.0271. The predicted octanol–water partition coefficient (Wildman–Crippen LogP) is 12.2. The van der Waals surface area contributed by atoms with Gasteiger partial charge in [0.2, 0.25) is 0 Å². The molecule has 3 atom stereocenters. The summed E-state index contributed by atoms with van der Waals surface area (Å²) in [4.78, 5) is 36.7. The van der Waals surface area contributed by atoms with Crippen molar-refractivity contribution in [2.45, 2.75) is 232 Å². The number of carbonyl (C=O) groups excluding carboxylic acids is 2. The molecule has 0 heterocycles. The molecule has 322 valence electrons. The second kappa shape index (κ2) is 36.5. The number of quaternary nitrogens is 1. The molecular formula is C44H89NO8P+. The molecule has 0 rings (SSSR count). The highest BCUT2D eigenvalue weighted by Crippen LogP contribution is 2.45. The molecule has 0 radical (unpaired) electrons. The van der Waals surface area contributed by atoms with Gasteiger partial charge < -0.3 is 19.2 Å². The Bertz CT molecular complexity index is 912. The number of Topliss-reactive ketones (excluding diaryl/α,β-unsaturated/α-hetero) is 1. The number of ether oxygens (including phenoxy) is 1. The summed E-state index contributed by atoms with van der Waals surface area (Å²) >= 11 is 0. The molecule has 2 N–H and O–H groups in total. The van der Waals surface area contributed by atoms with Gasteiger partial charge in [0.25, 0.3) is 0 Å². The summed E-state index contributed by atoms with van der Waals surface area (Å²) < 4.78 is 29.3. The van der Waals surface area contributed by atoms with Crippen LogP contribution in [0.2, 0.25) is 0 Å². The van der Waals surface area contributed by atoms with Crippen molar-refractivity contribution in [3.05, 3.63) is 0 Å². The minimum absolute atomic E-state index is 0.0495. The predicted molar refractivity (Wildman–Crippen MR) is 225 cm³/mol. The molecular weight excluding hydrogens is 701 g/mol. The molecule has 9 nitrogen and oxygen atoms in total. The fourth-order valence-corrected chi connectivity index (χ4v) is 7.71. The molecule has 0 saturated carbocycles. The van der Waals surface area contributed by atoms with Crippen LogP contribution in [0.3, 0.4) is 0 Å². The summed E-state index contributed by atoms with van der Waals surface area (Å²) in [5.41, 5.74) is 0. The first-order valence-corrected chi connectivity index (χ1v) is 24.2. The fraction of sp³-hybridized carbons (Fsp3) is 0.955. The molecule has 2 unspecified atom stereocenters. The number of rotatable bonds is 42. The van der Waals surface area contributed by atoms with Crippen molar-refractivity contribution in [1.82, 2.24) is 0 Å². The van der Waals surface area contributed by atoms with Gasteiger partial charge in [-0.25, -0.2) is 4.57 Å². The van der Waals surface area contributed by atoms with Crippen molar-refractivity contribution < 1.29 is 42.4 Å². The lowest BCUT2D eigenvalue weighted by molar-refractivity contribution is -0.870. The SMILES string of the molecule is CCCCCCCCCCCCCCCCCC(=O)OC(C(=O)CCCCCCCCCCCCCCCCC)[C@H](CO)OP(=O)(O)OCC[N+](C)(C)C. The maximum atomic E-state index is 13.4. The largest absolute Gasteiger partial charge is 0.472 e. The van der Waals surface area contributed by atoms with Gasteiger partial charge in [0.05, 0.1) is 27.7 Å². The highest BCUT2D eigenvalue weighted by atomic mass is 31.2. The summed E-state index contributed by atoms with van der Waals surface area (Å²) in [5.74, 6) is -0.958. The van der Waals surface area contributed by atoms with Gasteiger partial charge in [0.1, 0.15) is 19.3 Å². The van der Waals surface area contributed by atoms with E-state index in [1.54, 1.807) is 0 Å². The normalized spacial score (nSPS) is 14.2. The Morgan fingerprint density at radius 1 is 0.556 bits per heavy atom. The van der Waals surface area contributed by atoms with E-state index in [0.717, 1.165) is 38.5 Å². The third kappa shape index (κ3) is 35.6. The zero-order valence-electron chi connectivity index (χ0n) is 36.1. The van der Waals surface area contributed by atoms with Crippen molar-refractivity contribution in [3.63, 3.8) is 0 Å². The minimum atomic E-state index is -4.62. The number of hydrogen-bond acceptors (Lipinski definition) is 7. The number of aliphatic hydroxyl groups is 1. The molecule has 0 bridgehead atoms. The van der Waals surface area contributed by atoms with Gasteiger partial charge in [0, 0.05) is 12.8 Å². The van der Waals surface area contributed by atoms with Gasteiger partial charge in [0.15, 0.2) is 11.9 Å². The van der Waals surface area contributed by atoms with Crippen molar-refractivity contribution in [1.29, 1.82) is 0 Å². The van der Waals surface area contributed by atoms with Crippen LogP contribution in [0, 0.1) is 0 Å². The molecule has 0 saturated heterocycles. The standard InChI is InChI=1S/C44H88NO8P/c1-6-8-10-12-14-16-18-20-22-24-26-28-30-32-34-36-41(47)44(42(40-46)53-54(49,50)51-39-38-45(3,4)5)52-43(48)37-35-33-31-29-27-25-23-21-19-17-15-13-11-9-7-2/h42,44,46H,6-40H2,1-5H3/p+1/t42-,44?/m0/s1. The van der Waals surface area contributed by atoms with Crippen LogP contribution in [-0.4, -0.2) is 79.3 Å². The summed E-state index contributed by atoms with van der Waals surface area (Å²) in [6, 6.07) is 0. The zero-order chi connectivity index (χ0) is 40.2. The van der Waals surface area contributed by atoms with E-state index in [4.69, 9.17) is 13.8 Å². The van der Waals surface area contributed by atoms with E-state index in [0.29, 0.717) is 23.9 Å². The van der Waals surface area contributed by atoms with Crippen molar-refractivity contribution >= 4 is 19.6 Å². The van der Waals surface area contributed by atoms with E-state index < -0.39 is 38.4 Å². The number of carbonyl (C=O) groups is 2. The smallest absolute Gasteiger partial charge is 0.451 e. The summed E-state index contributed by atoms with van der Waals surface area (Å²) in [7, 11) is 1.16. The van der Waals surface area contributed by atoms with Crippen LogP contribution in [-0.2, 0) is 27.9 Å². The van der Waals surface area contributed by atoms with Gasteiger partial charge in [-0.1, -0.05) is 194 Å². The molecule has 54 heavy (non-hydrogen) atoms. The number of likely N-dealkylation sites (N-methyl/N-ethyl adjacent to an activating group) is 1. The Hall–Kier alpha value is -0.830. The van der Waals surface area contributed by atoms with E-state index in [1.165, 1.54) is 141 Å². The Morgan fingerprint density at radius 2 is 0.889 bits per heavy atom. The van der Waals surface area contributed by atoms with Gasteiger partial charge >= 0.3 is 13.8 Å². The van der Waals surface area contributed by atoms with E-state index in [-0.39, 0.29) is 19.4 Å². The van der Waals surface area contributed by atoms with Gasteiger partial charge in [-0.15, -0.1) is 0 Å². The first-order valence-electron chi connectivity index (χ1n) is 22.7. The molecule has 0 aromatic heterocycles. The maximum Gasteiger partial charge on any atom is 0.472 e. The zero-order valence-corrected chi connectivity index (χ0v) is 37.0. The topological polar surface area (TPSA) is 119 Å². The van der Waals surface area contributed by atoms with Crippen LogP contribution < -0.4 is 0 Å². The molecule has 10 heteroatoms. The average Bonchev–Trinajstić information content (AvgIpc) is 3.12. The number of hydrogen-bond donors (Lipinski definition) is 2. The Kier molecular flexibility index (Phi) is 35.9. The van der Waals surface area contributed by atoms with Crippen LogP contribution in [0.15, 0.2) is 0 Å². The van der Waals surface area contributed by atoms with Crippen LogP contribution in [0.4, 0.5) is 0 Å². The first-order chi connectivity index (χ1) is 26.0. The van der Waals surface area contributed by atoms with E-state index >= 15 is 0 Å². The van der Waals surface area contributed by atoms with Gasteiger partial charge in [-0.2, -0.15) is 0 Å². The van der Waals surface area contributed by atoms with Crippen LogP contribution >= 0.6 is 7.82 Å². The molecule has 0 aliphatic carbocycles. The Balaban J connectivity index is 4.61. The highest BCUT2D eigenvalue weighted by Gasteiger charge is 2.38. The number of phosphoric ester groups is 1. The summed E-state index contributed by atoms with van der Waals surface area (Å²) in [6.45, 7) is 4.16. The van der Waals surface area contributed by atoms with Crippen molar-refractivity contribution in [3.8, 4) is 0 Å². The fourth-order valence-electron chi connectivity index (χ4n) is 6.82. The molecule has 0 aromatic rings. The molecule has 0 fully saturated rings. The summed E-state index contributed by atoms with van der Waals surface area (Å²) in [6.07, 6.45) is 33.9. The van der Waals surface area contributed by atoms with Gasteiger partial charge in [-0.05, 0) is 12.8 Å². The number of unbranched alkanes of at least 4 members (excludes halogenated alkanes) is 28. The number of nitrogens with zero attached hydrogens (tertiary/aromatic N) is 1. The lowest BCUT2D eigenvalue weighted by atomic mass is 10.0. The van der Waals surface area contributed by atoms with Crippen LogP contribution in [0.25, 0.3) is 0 Å². The average molecular weight is 791 g/mol. The second-order valence-corrected chi connectivity index (χ2v) is 18.3. The lowest BCUT2D eigenvalue weighted by Gasteiger charge is -2.27. The molecule has 0 aromatic carbocycles. The Labute approximate surface area is 333 Å². The first kappa shape index (κ1) is 53.2. The number of ketones is 1. The number of phosphoric acid groups is 1. The highest BCUT2D eigenvalue weighted by molar-refractivity contribution is 7.47. The van der Waals surface area contributed by atoms with Gasteiger partial charge in [-0.3, -0.25) is 18.6 Å². The number of aliphatic hydroxyl groups excluding tert-OH is 1. The summed E-state index contributed by atoms with van der Waals surface area (Å²) in [5, 5.41) is 10.1. The molecule has 0 amide bonds. The van der Waals surface area contributed by atoms with E-state index in [1.807, 2.05) is 21.1 Å². The van der Waals surface area contributed by atoms with E-state index in [2.05, 4.69) is 13.8 Å². The number of esters is 1. The third-order valence-electron chi connectivity index (χ3n) is 10.4. The minimum Gasteiger partial charge on any atom is -0.451 e.